The van der Waals surface area contributed by atoms with Crippen molar-refractivity contribution < 1.29 is 8.78 Å². The maximum absolute atomic E-state index is 12.8. The van der Waals surface area contributed by atoms with Crippen LogP contribution in [0.4, 0.5) is 20.2 Å². The van der Waals surface area contributed by atoms with E-state index < -0.39 is 6.43 Å². The van der Waals surface area contributed by atoms with Gasteiger partial charge >= 0.3 is 0 Å². The molecule has 0 amide bonds. The smallest absolute Gasteiger partial charge is 0.265 e. The fourth-order valence-electron chi connectivity index (χ4n) is 1.66. The van der Waals surface area contributed by atoms with E-state index in [1.165, 1.54) is 6.07 Å². The van der Waals surface area contributed by atoms with E-state index in [1.807, 2.05) is 11.6 Å². The molecule has 0 aliphatic carbocycles. The minimum absolute atomic E-state index is 0.0933. The number of nitrogens with zero attached hydrogens (tertiary/aromatic N) is 2. The quantitative estimate of drug-likeness (QED) is 0.822. The molecule has 0 fully saturated rings. The van der Waals surface area contributed by atoms with Crippen molar-refractivity contribution in [3.63, 3.8) is 0 Å². The number of rotatable bonds is 4. The lowest BCUT2D eigenvalue weighted by Gasteiger charge is -2.12. The summed E-state index contributed by atoms with van der Waals surface area (Å²) in [5.41, 5.74) is 6.11. The van der Waals surface area contributed by atoms with Crippen LogP contribution in [0.15, 0.2) is 30.6 Å². The molecule has 4 nitrogen and oxygen atoms in total. The minimum Gasteiger partial charge on any atom is -0.399 e. The van der Waals surface area contributed by atoms with E-state index in [9.17, 15) is 8.78 Å². The topological polar surface area (TPSA) is 55.9 Å². The van der Waals surface area contributed by atoms with Gasteiger partial charge in [-0.3, -0.25) is 0 Å². The van der Waals surface area contributed by atoms with Gasteiger partial charge in [0.2, 0.25) is 0 Å². The van der Waals surface area contributed by atoms with Gasteiger partial charge in [0.25, 0.3) is 6.43 Å². The van der Waals surface area contributed by atoms with Gasteiger partial charge in [0.05, 0.1) is 6.54 Å². The second-order valence-corrected chi connectivity index (χ2v) is 3.96. The van der Waals surface area contributed by atoms with Crippen molar-refractivity contribution in [2.75, 3.05) is 11.1 Å². The molecule has 1 heterocycles. The Balaban J connectivity index is 2.16. The number of anilines is 2. The molecule has 0 saturated carbocycles. The zero-order chi connectivity index (χ0) is 13.1. The van der Waals surface area contributed by atoms with Gasteiger partial charge in [0.15, 0.2) is 0 Å². The molecule has 18 heavy (non-hydrogen) atoms. The van der Waals surface area contributed by atoms with Gasteiger partial charge in [-0.15, -0.1) is 0 Å². The summed E-state index contributed by atoms with van der Waals surface area (Å²) >= 11 is 0. The van der Waals surface area contributed by atoms with Crippen LogP contribution >= 0.6 is 0 Å². The van der Waals surface area contributed by atoms with E-state index in [-0.39, 0.29) is 5.56 Å². The first kappa shape index (κ1) is 12.3. The van der Waals surface area contributed by atoms with Crippen LogP contribution in [0, 0.1) is 0 Å². The fraction of sp³-hybridized carbons (Fsp3) is 0.250. The monoisotopic (exact) mass is 252 g/mol. The molecule has 3 N–H and O–H groups in total. The number of benzene rings is 1. The Hall–Kier alpha value is -2.11. The standard InChI is InChI=1S/C12H14F2N4/c1-18-5-4-16-11(18)7-17-10-3-2-8(15)6-9(10)12(13)14/h2-6,12,17H,7,15H2,1H3. The molecule has 2 rings (SSSR count). The molecular weight excluding hydrogens is 238 g/mol. The summed E-state index contributed by atoms with van der Waals surface area (Å²) in [6.07, 6.45) is 0.902. The van der Waals surface area contributed by atoms with E-state index in [2.05, 4.69) is 10.3 Å². The number of aryl methyl sites for hydroxylation is 1. The average Bonchev–Trinajstić information content (AvgIpc) is 2.73. The second kappa shape index (κ2) is 5.03. The lowest BCUT2D eigenvalue weighted by Crippen LogP contribution is -2.07. The highest BCUT2D eigenvalue weighted by molar-refractivity contribution is 5.58. The molecule has 0 aliphatic heterocycles. The number of halogens is 2. The van der Waals surface area contributed by atoms with Gasteiger partial charge in [-0.1, -0.05) is 0 Å². The van der Waals surface area contributed by atoms with Gasteiger partial charge < -0.3 is 15.6 Å². The molecule has 0 spiro atoms. The van der Waals surface area contributed by atoms with Crippen LogP contribution in [0.3, 0.4) is 0 Å². The Labute approximate surface area is 103 Å². The van der Waals surface area contributed by atoms with E-state index in [4.69, 9.17) is 5.73 Å². The summed E-state index contributed by atoms with van der Waals surface area (Å²) in [6, 6.07) is 4.43. The maximum Gasteiger partial charge on any atom is 0.265 e. The van der Waals surface area contributed by atoms with Crippen molar-refractivity contribution in [3.05, 3.63) is 42.0 Å². The zero-order valence-electron chi connectivity index (χ0n) is 9.90. The maximum atomic E-state index is 12.8. The van der Waals surface area contributed by atoms with Crippen molar-refractivity contribution in [3.8, 4) is 0 Å². The number of hydrogen-bond donors (Lipinski definition) is 2. The normalized spacial score (nSPS) is 10.9. The van der Waals surface area contributed by atoms with Crippen LogP contribution in [-0.2, 0) is 13.6 Å². The predicted octanol–water partition coefficient (Wildman–Crippen LogP) is 2.55. The molecule has 6 heteroatoms. The van der Waals surface area contributed by atoms with Crippen molar-refractivity contribution in [1.82, 2.24) is 9.55 Å². The molecule has 2 aromatic rings. The Morgan fingerprint density at radius 1 is 1.44 bits per heavy atom. The minimum atomic E-state index is -2.56. The summed E-state index contributed by atoms with van der Waals surface area (Å²) in [4.78, 5) is 4.11. The first-order valence-corrected chi connectivity index (χ1v) is 5.45. The predicted molar refractivity (Wildman–Crippen MR) is 66.3 cm³/mol. The largest absolute Gasteiger partial charge is 0.399 e. The van der Waals surface area contributed by atoms with Crippen molar-refractivity contribution in [2.45, 2.75) is 13.0 Å². The average molecular weight is 252 g/mol. The van der Waals surface area contributed by atoms with Crippen molar-refractivity contribution in [2.24, 2.45) is 7.05 Å². The Morgan fingerprint density at radius 3 is 2.83 bits per heavy atom. The fourth-order valence-corrected chi connectivity index (χ4v) is 1.66. The SMILES string of the molecule is Cn1ccnc1CNc1ccc(N)cc1C(F)F. The third kappa shape index (κ3) is 2.58. The molecular formula is C12H14F2N4. The highest BCUT2D eigenvalue weighted by atomic mass is 19.3. The summed E-state index contributed by atoms with van der Waals surface area (Å²) in [7, 11) is 1.85. The van der Waals surface area contributed by atoms with Gasteiger partial charge in [-0.25, -0.2) is 13.8 Å². The van der Waals surface area contributed by atoms with Crippen LogP contribution in [0.25, 0.3) is 0 Å². The molecule has 0 atom stereocenters. The van der Waals surface area contributed by atoms with Crippen LogP contribution in [-0.4, -0.2) is 9.55 Å². The zero-order valence-corrected chi connectivity index (χ0v) is 9.90. The molecule has 1 aromatic heterocycles. The number of hydrogen-bond acceptors (Lipinski definition) is 3. The first-order valence-electron chi connectivity index (χ1n) is 5.45. The Kier molecular flexibility index (Phi) is 3.45. The van der Waals surface area contributed by atoms with Crippen molar-refractivity contribution >= 4 is 11.4 Å². The number of aromatic nitrogens is 2. The van der Waals surface area contributed by atoms with Crippen molar-refractivity contribution in [1.29, 1.82) is 0 Å². The van der Waals surface area contributed by atoms with Gasteiger partial charge in [-0.2, -0.15) is 0 Å². The summed E-state index contributed by atoms with van der Waals surface area (Å²) < 4.78 is 27.5. The van der Waals surface area contributed by atoms with Crippen LogP contribution in [0.2, 0.25) is 0 Å². The first-order chi connectivity index (χ1) is 8.58. The summed E-state index contributed by atoms with van der Waals surface area (Å²) in [5.74, 6) is 0.770. The van der Waals surface area contributed by atoms with Crippen LogP contribution < -0.4 is 11.1 Å². The number of nitrogens with one attached hydrogen (secondary N) is 1. The number of nitrogens with two attached hydrogens (primary N) is 1. The molecule has 0 unspecified atom stereocenters. The third-order valence-electron chi connectivity index (χ3n) is 2.67. The third-order valence-corrected chi connectivity index (χ3v) is 2.67. The van der Waals surface area contributed by atoms with Crippen LogP contribution in [0.5, 0.6) is 0 Å². The molecule has 0 aliphatic rings. The van der Waals surface area contributed by atoms with E-state index in [0.717, 1.165) is 5.82 Å². The van der Waals surface area contributed by atoms with Crippen LogP contribution in [0.1, 0.15) is 17.8 Å². The number of alkyl halides is 2. The van der Waals surface area contributed by atoms with Gasteiger partial charge in [0.1, 0.15) is 5.82 Å². The molecule has 0 radical (unpaired) electrons. The lowest BCUT2D eigenvalue weighted by molar-refractivity contribution is 0.152. The Morgan fingerprint density at radius 2 is 2.22 bits per heavy atom. The van der Waals surface area contributed by atoms with Gasteiger partial charge in [0, 0.05) is 36.4 Å². The molecule has 1 aromatic carbocycles. The Bertz CT molecular complexity index is 537. The van der Waals surface area contributed by atoms with E-state index >= 15 is 0 Å². The second-order valence-electron chi connectivity index (χ2n) is 3.96. The lowest BCUT2D eigenvalue weighted by atomic mass is 10.1. The molecule has 0 saturated heterocycles. The molecule has 96 valence electrons. The number of imidazole rings is 1. The van der Waals surface area contributed by atoms with E-state index in [1.54, 1.807) is 24.5 Å². The number of nitrogen functional groups attached to an aromatic ring is 1. The van der Waals surface area contributed by atoms with Gasteiger partial charge in [-0.05, 0) is 18.2 Å². The molecule has 0 bridgehead atoms. The highest BCUT2D eigenvalue weighted by Gasteiger charge is 2.13. The summed E-state index contributed by atoms with van der Waals surface area (Å²) in [6.45, 7) is 0.382. The highest BCUT2D eigenvalue weighted by Crippen LogP contribution is 2.29. The summed E-state index contributed by atoms with van der Waals surface area (Å²) in [5, 5.41) is 2.95. The van der Waals surface area contributed by atoms with E-state index in [0.29, 0.717) is 17.9 Å².